The first-order valence-electron chi connectivity index (χ1n) is 11.8. The molecule has 0 bridgehead atoms. The van der Waals surface area contributed by atoms with Crippen molar-refractivity contribution in [3.63, 3.8) is 0 Å². The highest BCUT2D eigenvalue weighted by Crippen LogP contribution is 2.67. The average molecular weight is 401 g/mol. The lowest BCUT2D eigenvalue weighted by atomic mass is 9.42. The maximum atomic E-state index is 13.1. The quantitative estimate of drug-likeness (QED) is 0.608. The van der Waals surface area contributed by atoms with Gasteiger partial charge in [0.15, 0.2) is 5.78 Å². The minimum atomic E-state index is -0.686. The molecule has 0 saturated heterocycles. The predicted molar refractivity (Wildman–Crippen MR) is 116 cm³/mol. The summed E-state index contributed by atoms with van der Waals surface area (Å²) in [4.78, 5) is 26.1. The minimum Gasteiger partial charge on any atom is -0.351 e. The van der Waals surface area contributed by atoms with Gasteiger partial charge in [0.2, 0.25) is 5.91 Å². The van der Waals surface area contributed by atoms with Crippen LogP contribution in [-0.2, 0) is 9.59 Å². The lowest BCUT2D eigenvalue weighted by Crippen LogP contribution is -2.61. The molecule has 0 heterocycles. The molecule has 4 rings (SSSR count). The molecule has 0 spiro atoms. The third kappa shape index (κ3) is 3.20. The second kappa shape index (κ2) is 6.65. The number of hydrogen-bond donors (Lipinski definition) is 2. The van der Waals surface area contributed by atoms with E-state index in [9.17, 15) is 9.59 Å². The zero-order chi connectivity index (χ0) is 21.4. The van der Waals surface area contributed by atoms with Crippen LogP contribution in [-0.4, -0.2) is 22.9 Å². The van der Waals surface area contributed by atoms with E-state index >= 15 is 0 Å². The first-order chi connectivity index (χ1) is 13.4. The molecule has 3 unspecified atom stereocenters. The molecule has 162 valence electrons. The lowest BCUT2D eigenvalue weighted by molar-refractivity contribution is -0.145. The summed E-state index contributed by atoms with van der Waals surface area (Å²) in [6, 6.07) is 0. The Morgan fingerprint density at radius 1 is 1.14 bits per heavy atom. The predicted octanol–water partition coefficient (Wildman–Crippen LogP) is 5.00. The third-order valence-corrected chi connectivity index (χ3v) is 9.41. The average Bonchev–Trinajstić information content (AvgIpc) is 3.00. The Balaban J connectivity index is 1.67. The number of amides is 1. The second-order valence-electron chi connectivity index (χ2n) is 12.4. The van der Waals surface area contributed by atoms with Gasteiger partial charge >= 0.3 is 0 Å². The van der Waals surface area contributed by atoms with Crippen LogP contribution < -0.4 is 5.32 Å². The number of carbonyl (C=O) groups is 2. The van der Waals surface area contributed by atoms with Gasteiger partial charge in [-0.05, 0) is 93.8 Å². The van der Waals surface area contributed by atoms with Gasteiger partial charge in [0.05, 0.1) is 5.71 Å². The Bertz CT molecular complexity index is 738. The molecule has 2 N–H and O–H groups in total. The number of rotatable bonds is 1. The van der Waals surface area contributed by atoms with Gasteiger partial charge in [-0.1, -0.05) is 27.2 Å². The van der Waals surface area contributed by atoms with Gasteiger partial charge in [-0.25, -0.2) is 0 Å². The number of fused-ring (bicyclic) bond motifs is 5. The van der Waals surface area contributed by atoms with E-state index in [0.717, 1.165) is 12.3 Å². The fraction of sp³-hybridized carbons (Fsp3) is 0.880. The fourth-order valence-electron chi connectivity index (χ4n) is 8.11. The highest BCUT2D eigenvalue weighted by molar-refractivity contribution is 6.44. The zero-order valence-corrected chi connectivity index (χ0v) is 19.2. The van der Waals surface area contributed by atoms with E-state index in [4.69, 9.17) is 5.41 Å². The maximum absolute atomic E-state index is 13.1. The van der Waals surface area contributed by atoms with E-state index in [1.165, 1.54) is 32.1 Å². The molecule has 1 amide bonds. The molecule has 0 aliphatic heterocycles. The van der Waals surface area contributed by atoms with Gasteiger partial charge in [-0.3, -0.25) is 9.59 Å². The van der Waals surface area contributed by atoms with Crippen LogP contribution in [0, 0.1) is 51.7 Å². The Morgan fingerprint density at radius 3 is 2.48 bits per heavy atom. The maximum Gasteiger partial charge on any atom is 0.231 e. The first-order valence-corrected chi connectivity index (χ1v) is 11.8. The Labute approximate surface area is 176 Å². The van der Waals surface area contributed by atoms with Crippen molar-refractivity contribution in [1.29, 1.82) is 5.41 Å². The van der Waals surface area contributed by atoms with E-state index in [-0.39, 0.29) is 34.3 Å². The standard InChI is InChI=1S/C25H40N2O2/c1-14-12-18-20(26)21(28)15(22(29)27-23(2,3)4)13-25(18,6)17-9-11-24(5)10-7-8-16(24)19(14)17/h14-19,26H,7-13H2,1-6H3,(H,27,29)/t14?,15?,16-,17+,18?,19-,24-,25+/m0/s1. The molecule has 0 aromatic rings. The van der Waals surface area contributed by atoms with Crippen molar-refractivity contribution in [1.82, 2.24) is 5.32 Å². The highest BCUT2D eigenvalue weighted by atomic mass is 16.2. The largest absolute Gasteiger partial charge is 0.351 e. The molecule has 4 aliphatic rings. The topological polar surface area (TPSA) is 70.0 Å². The van der Waals surface area contributed by atoms with Gasteiger partial charge in [-0.15, -0.1) is 0 Å². The second-order valence-corrected chi connectivity index (χ2v) is 12.4. The summed E-state index contributed by atoms with van der Waals surface area (Å²) >= 11 is 0. The Morgan fingerprint density at radius 2 is 1.83 bits per heavy atom. The molecule has 4 fully saturated rings. The van der Waals surface area contributed by atoms with Crippen molar-refractivity contribution in [3.05, 3.63) is 0 Å². The smallest absolute Gasteiger partial charge is 0.231 e. The number of carbonyl (C=O) groups excluding carboxylic acids is 2. The molecule has 0 radical (unpaired) electrons. The zero-order valence-electron chi connectivity index (χ0n) is 19.2. The van der Waals surface area contributed by atoms with Crippen LogP contribution in [0.4, 0.5) is 0 Å². The number of nitrogens with one attached hydrogen (secondary N) is 2. The van der Waals surface area contributed by atoms with Crippen molar-refractivity contribution in [2.45, 2.75) is 92.0 Å². The number of Topliss-reactive ketones (excluding diaryl/α,β-unsaturated/α-hetero) is 1. The molecular weight excluding hydrogens is 360 g/mol. The van der Waals surface area contributed by atoms with Gasteiger partial charge in [-0.2, -0.15) is 0 Å². The van der Waals surface area contributed by atoms with Gasteiger partial charge in [0.1, 0.15) is 5.92 Å². The van der Waals surface area contributed by atoms with Crippen molar-refractivity contribution in [2.24, 2.45) is 46.3 Å². The summed E-state index contributed by atoms with van der Waals surface area (Å²) in [5.41, 5.74) is 0.251. The minimum absolute atomic E-state index is 0.0238. The lowest BCUT2D eigenvalue weighted by Gasteiger charge is -2.62. The molecule has 4 aliphatic carbocycles. The summed E-state index contributed by atoms with van der Waals surface area (Å²) in [5.74, 6) is 1.50. The van der Waals surface area contributed by atoms with Crippen LogP contribution in [0.2, 0.25) is 0 Å². The van der Waals surface area contributed by atoms with Gasteiger partial charge in [0, 0.05) is 11.5 Å². The van der Waals surface area contributed by atoms with Gasteiger partial charge in [0.25, 0.3) is 0 Å². The number of ketones is 1. The normalized spacial score (nSPS) is 47.2. The van der Waals surface area contributed by atoms with E-state index in [2.05, 4.69) is 26.1 Å². The van der Waals surface area contributed by atoms with Crippen molar-refractivity contribution < 1.29 is 9.59 Å². The Kier molecular flexibility index (Phi) is 4.83. The van der Waals surface area contributed by atoms with Crippen molar-refractivity contribution >= 4 is 17.4 Å². The van der Waals surface area contributed by atoms with E-state index in [1.54, 1.807) is 0 Å². The van der Waals surface area contributed by atoms with Crippen molar-refractivity contribution in [3.8, 4) is 0 Å². The number of hydrogen-bond acceptors (Lipinski definition) is 3. The molecule has 0 aromatic carbocycles. The Hall–Kier alpha value is -1.19. The summed E-state index contributed by atoms with van der Waals surface area (Å²) in [6.45, 7) is 13.1. The summed E-state index contributed by atoms with van der Waals surface area (Å²) in [5, 5.41) is 11.8. The summed E-state index contributed by atoms with van der Waals surface area (Å²) in [6.07, 6.45) is 8.09. The summed E-state index contributed by atoms with van der Waals surface area (Å²) < 4.78 is 0. The van der Waals surface area contributed by atoms with E-state index in [1.807, 2.05) is 20.8 Å². The van der Waals surface area contributed by atoms with Crippen LogP contribution in [0.25, 0.3) is 0 Å². The molecule has 4 saturated carbocycles. The van der Waals surface area contributed by atoms with Crippen LogP contribution in [0.5, 0.6) is 0 Å². The monoisotopic (exact) mass is 400 g/mol. The van der Waals surface area contributed by atoms with Crippen LogP contribution in [0.1, 0.15) is 86.5 Å². The third-order valence-electron chi connectivity index (χ3n) is 9.41. The molecule has 8 atom stereocenters. The fourth-order valence-corrected chi connectivity index (χ4v) is 8.11. The van der Waals surface area contributed by atoms with Crippen LogP contribution in [0.3, 0.4) is 0 Å². The SMILES string of the molecule is CC1CC2C(=N)C(=O)C(C(=O)NC(C)(C)C)C[C@]2(C)[C@@H]2CC[C@]3(C)CCC[C@H]3[C@H]12. The molecule has 4 nitrogen and oxygen atoms in total. The first kappa shape index (κ1) is 21.1. The summed E-state index contributed by atoms with van der Waals surface area (Å²) in [7, 11) is 0. The van der Waals surface area contributed by atoms with Crippen LogP contribution in [0.15, 0.2) is 0 Å². The van der Waals surface area contributed by atoms with Gasteiger partial charge < -0.3 is 10.7 Å². The molecule has 4 heteroatoms. The van der Waals surface area contributed by atoms with Crippen LogP contribution >= 0.6 is 0 Å². The van der Waals surface area contributed by atoms with E-state index < -0.39 is 5.92 Å². The van der Waals surface area contributed by atoms with Crippen molar-refractivity contribution in [2.75, 3.05) is 0 Å². The highest BCUT2D eigenvalue weighted by Gasteiger charge is 2.63. The van der Waals surface area contributed by atoms with E-state index in [0.29, 0.717) is 29.6 Å². The molecule has 29 heavy (non-hydrogen) atoms. The molecule has 0 aromatic heterocycles. The molecular formula is C25H40N2O2.